The zero-order chi connectivity index (χ0) is 16.8. The molecule has 0 amide bonds. The van der Waals surface area contributed by atoms with Crippen LogP contribution < -0.4 is 0 Å². The van der Waals surface area contributed by atoms with Crippen molar-refractivity contribution >= 4 is 11.6 Å². The molecule has 0 saturated carbocycles. The normalized spacial score (nSPS) is 10.9. The van der Waals surface area contributed by atoms with Gasteiger partial charge in [-0.15, -0.1) is 17.3 Å². The summed E-state index contributed by atoms with van der Waals surface area (Å²) in [5.41, 5.74) is 3.12. The molecule has 0 fully saturated rings. The van der Waals surface area contributed by atoms with Crippen LogP contribution in [0.1, 0.15) is 84.0 Å². The third-order valence-electron chi connectivity index (χ3n) is 3.74. The summed E-state index contributed by atoms with van der Waals surface area (Å²) >= 11 is 5.59. The molecule has 0 aliphatic rings. The highest BCUT2D eigenvalue weighted by molar-refractivity contribution is 6.17. The maximum Gasteiger partial charge on any atom is 0.0721 e. The predicted octanol–water partition coefficient (Wildman–Crippen LogP) is 7.21. The van der Waals surface area contributed by atoms with E-state index in [9.17, 15) is 0 Å². The van der Waals surface area contributed by atoms with Crippen LogP contribution in [0.25, 0.3) is 0 Å². The number of halogens is 1. The molecule has 0 aliphatic heterocycles. The molecule has 0 N–H and O–H groups in total. The number of allylic oxidation sites excluding steroid dienone is 1. The molecule has 0 aromatic heterocycles. The van der Waals surface area contributed by atoms with Crippen LogP contribution in [0.3, 0.4) is 0 Å². The maximum atomic E-state index is 5.59. The summed E-state index contributed by atoms with van der Waals surface area (Å²) in [7, 11) is 0. The lowest BCUT2D eigenvalue weighted by atomic mass is 10.1. The van der Waals surface area contributed by atoms with Crippen LogP contribution in [0.2, 0.25) is 0 Å². The van der Waals surface area contributed by atoms with Gasteiger partial charge in [-0.05, 0) is 44.3 Å². The Balaban J connectivity index is 3.18. The molecule has 2 heteroatoms. The van der Waals surface area contributed by atoms with E-state index in [0.717, 1.165) is 31.7 Å². The Kier molecular flexibility index (Phi) is 21.1. The third-order valence-corrected chi connectivity index (χ3v) is 4.01. The Morgan fingerprint density at radius 3 is 2.22 bits per heavy atom. The quantitative estimate of drug-likeness (QED) is 0.118. The molecule has 0 atom stereocenters. The number of hydrogen-bond acceptors (Lipinski definition) is 1. The summed E-state index contributed by atoms with van der Waals surface area (Å²) in [6, 6.07) is 0. The molecular weight excluding hydrogens is 304 g/mol. The highest BCUT2D eigenvalue weighted by Crippen LogP contribution is 2.09. The number of ether oxygens (including phenoxy) is 1. The maximum absolute atomic E-state index is 5.59. The van der Waals surface area contributed by atoms with E-state index in [2.05, 4.69) is 24.8 Å². The van der Waals surface area contributed by atoms with Crippen molar-refractivity contribution in [2.24, 2.45) is 0 Å². The largest absolute Gasteiger partial charge is 0.376 e. The molecule has 0 unspecified atom stereocenters. The lowest BCUT2D eigenvalue weighted by Crippen LogP contribution is -1.91. The minimum absolute atomic E-state index is 0.656. The molecule has 1 nitrogen and oxygen atoms in total. The van der Waals surface area contributed by atoms with E-state index in [-0.39, 0.29) is 0 Å². The van der Waals surface area contributed by atoms with Crippen molar-refractivity contribution in [1.29, 1.82) is 0 Å². The molecule has 0 saturated heterocycles. The lowest BCUT2D eigenvalue weighted by molar-refractivity contribution is 0.167. The van der Waals surface area contributed by atoms with Crippen molar-refractivity contribution in [2.45, 2.75) is 84.0 Å². The van der Waals surface area contributed by atoms with Gasteiger partial charge in [0.2, 0.25) is 0 Å². The van der Waals surface area contributed by atoms with Gasteiger partial charge in [-0.1, -0.05) is 64.0 Å². The summed E-state index contributed by atoms with van der Waals surface area (Å²) in [6.45, 7) is 3.73. The first-order chi connectivity index (χ1) is 11.4. The van der Waals surface area contributed by atoms with Gasteiger partial charge >= 0.3 is 0 Å². The van der Waals surface area contributed by atoms with Crippen LogP contribution in [-0.2, 0) is 4.74 Å². The second kappa shape index (κ2) is 21.5. The molecule has 0 aromatic rings. The van der Waals surface area contributed by atoms with Gasteiger partial charge in [0.15, 0.2) is 0 Å². The van der Waals surface area contributed by atoms with E-state index in [4.69, 9.17) is 16.3 Å². The van der Waals surface area contributed by atoms with E-state index in [0.29, 0.717) is 6.61 Å². The molecule has 23 heavy (non-hydrogen) atoms. The van der Waals surface area contributed by atoms with Gasteiger partial charge in [0.1, 0.15) is 0 Å². The first-order valence-corrected chi connectivity index (χ1v) is 10.1. The average Bonchev–Trinajstić information content (AvgIpc) is 2.57. The third kappa shape index (κ3) is 21.5. The minimum Gasteiger partial charge on any atom is -0.376 e. The Labute approximate surface area is 149 Å². The Morgan fingerprint density at radius 2 is 1.48 bits per heavy atom. The van der Waals surface area contributed by atoms with Gasteiger partial charge in [-0.25, -0.2) is 0 Å². The predicted molar refractivity (Wildman–Crippen MR) is 104 cm³/mol. The molecule has 0 aromatic carbocycles. The lowest BCUT2D eigenvalue weighted by Gasteiger charge is -2.00. The van der Waals surface area contributed by atoms with Crippen LogP contribution in [0.5, 0.6) is 0 Å². The van der Waals surface area contributed by atoms with Crippen molar-refractivity contribution in [1.82, 2.24) is 0 Å². The molecule has 0 rings (SSSR count). The van der Waals surface area contributed by atoms with Gasteiger partial charge in [0.25, 0.3) is 0 Å². The fourth-order valence-electron chi connectivity index (χ4n) is 2.32. The Bertz CT molecular complexity index is 303. The van der Waals surface area contributed by atoms with Crippen molar-refractivity contribution in [3.63, 3.8) is 0 Å². The fourth-order valence-corrected chi connectivity index (χ4v) is 2.47. The van der Waals surface area contributed by atoms with E-state index in [1.807, 2.05) is 12.2 Å². The second-order valence-corrected chi connectivity index (χ2v) is 6.38. The molecule has 0 heterocycles. The van der Waals surface area contributed by atoms with E-state index < -0.39 is 0 Å². The van der Waals surface area contributed by atoms with Gasteiger partial charge in [0, 0.05) is 5.88 Å². The van der Waals surface area contributed by atoms with Crippen LogP contribution in [0, 0.1) is 0 Å². The Hall–Kier alpha value is -0.490. The first-order valence-electron chi connectivity index (χ1n) is 9.60. The van der Waals surface area contributed by atoms with Gasteiger partial charge in [-0.3, -0.25) is 0 Å². The SMILES string of the molecule is CCCCCCCCCCC=CCCOCC=C=CCCCCl. The summed E-state index contributed by atoms with van der Waals surface area (Å²) in [5.74, 6) is 0.722. The Morgan fingerprint density at radius 1 is 0.783 bits per heavy atom. The van der Waals surface area contributed by atoms with Crippen LogP contribution in [-0.4, -0.2) is 19.1 Å². The van der Waals surface area contributed by atoms with Crippen molar-refractivity contribution in [3.8, 4) is 0 Å². The van der Waals surface area contributed by atoms with Crippen LogP contribution in [0.4, 0.5) is 0 Å². The standard InChI is InChI=1S/C21H37ClO/c1-2-3-4-5-6-7-8-9-10-11-14-17-20-23-21-18-15-12-13-16-19-22/h11-12,14,18H,2-10,13,16-17,19-21H2,1H3. The summed E-state index contributed by atoms with van der Waals surface area (Å²) in [6.07, 6.45) is 23.9. The summed E-state index contributed by atoms with van der Waals surface area (Å²) < 4.78 is 5.52. The van der Waals surface area contributed by atoms with E-state index in [1.54, 1.807) is 0 Å². The van der Waals surface area contributed by atoms with Crippen molar-refractivity contribution < 1.29 is 4.74 Å². The number of hydrogen-bond donors (Lipinski definition) is 0. The van der Waals surface area contributed by atoms with Crippen molar-refractivity contribution in [3.05, 3.63) is 30.0 Å². The van der Waals surface area contributed by atoms with E-state index in [1.165, 1.54) is 57.8 Å². The van der Waals surface area contributed by atoms with Crippen LogP contribution in [0.15, 0.2) is 30.0 Å². The van der Waals surface area contributed by atoms with Crippen molar-refractivity contribution in [2.75, 3.05) is 19.1 Å². The number of rotatable bonds is 17. The average molecular weight is 341 g/mol. The monoisotopic (exact) mass is 340 g/mol. The minimum atomic E-state index is 0.656. The summed E-state index contributed by atoms with van der Waals surface area (Å²) in [4.78, 5) is 0. The van der Waals surface area contributed by atoms with Gasteiger partial charge in [-0.2, -0.15) is 0 Å². The second-order valence-electron chi connectivity index (χ2n) is 6.00. The highest BCUT2D eigenvalue weighted by Gasteiger charge is 1.90. The number of unbranched alkanes of at least 4 members (excludes halogenated alkanes) is 9. The molecule has 134 valence electrons. The first kappa shape index (κ1) is 22.5. The smallest absolute Gasteiger partial charge is 0.0721 e. The van der Waals surface area contributed by atoms with Gasteiger partial charge in [0.05, 0.1) is 13.2 Å². The highest BCUT2D eigenvalue weighted by atomic mass is 35.5. The topological polar surface area (TPSA) is 9.23 Å². The molecule has 0 aliphatic carbocycles. The zero-order valence-electron chi connectivity index (χ0n) is 15.2. The van der Waals surface area contributed by atoms with Gasteiger partial charge < -0.3 is 4.74 Å². The van der Waals surface area contributed by atoms with Crippen LogP contribution >= 0.6 is 11.6 Å². The zero-order valence-corrected chi connectivity index (χ0v) is 16.0. The number of alkyl halides is 1. The summed E-state index contributed by atoms with van der Waals surface area (Å²) in [5, 5.41) is 0. The van der Waals surface area contributed by atoms with E-state index >= 15 is 0 Å². The molecule has 0 spiro atoms. The molecular formula is C21H37ClO. The molecule has 0 bridgehead atoms. The molecule has 0 radical (unpaired) electrons. The fraction of sp³-hybridized carbons (Fsp3) is 0.762.